The molecule has 0 atom stereocenters. The van der Waals surface area contributed by atoms with Gasteiger partial charge in [0.1, 0.15) is 5.60 Å². The van der Waals surface area contributed by atoms with Crippen molar-refractivity contribution in [1.29, 1.82) is 0 Å². The Morgan fingerprint density at radius 1 is 1.13 bits per heavy atom. The molecule has 23 heavy (non-hydrogen) atoms. The van der Waals surface area contributed by atoms with Gasteiger partial charge in [-0.2, -0.15) is 0 Å². The molecule has 6 heteroatoms. The van der Waals surface area contributed by atoms with Crippen LogP contribution in [-0.4, -0.2) is 35.2 Å². The van der Waals surface area contributed by atoms with Crippen LogP contribution in [0.25, 0.3) is 0 Å². The van der Waals surface area contributed by atoms with Crippen LogP contribution in [0, 0.1) is 0 Å². The number of carbonyl (C=O) groups excluding carboxylic acids is 1. The van der Waals surface area contributed by atoms with Crippen molar-refractivity contribution in [3.63, 3.8) is 0 Å². The largest absolute Gasteiger partial charge is 0.444 e. The summed E-state index contributed by atoms with van der Waals surface area (Å²) in [5, 5.41) is 4.25. The van der Waals surface area contributed by atoms with Crippen LogP contribution in [0.5, 0.6) is 0 Å². The molecule has 1 rings (SSSR count). The Balaban J connectivity index is 2.68. The van der Waals surface area contributed by atoms with Gasteiger partial charge in [-0.15, -0.1) is 0 Å². The molecule has 0 aliphatic heterocycles. The standard InChI is InChI=1S/C17H26Cl2N2O2/c1-16(2,3)21(15(22)23-17(4,5)6)10-9-20-12-7-8-13(18)14(19)11-12/h7-8,11,20H,9-10H2,1-6H3. The van der Waals surface area contributed by atoms with Gasteiger partial charge in [-0.05, 0) is 59.7 Å². The molecule has 0 saturated carbocycles. The minimum Gasteiger partial charge on any atom is -0.444 e. The highest BCUT2D eigenvalue weighted by Crippen LogP contribution is 2.25. The maximum Gasteiger partial charge on any atom is 0.410 e. The van der Waals surface area contributed by atoms with Crippen LogP contribution in [0.15, 0.2) is 18.2 Å². The van der Waals surface area contributed by atoms with Gasteiger partial charge in [-0.3, -0.25) is 0 Å². The monoisotopic (exact) mass is 360 g/mol. The van der Waals surface area contributed by atoms with E-state index >= 15 is 0 Å². The first kappa shape index (κ1) is 19.9. The van der Waals surface area contributed by atoms with Crippen LogP contribution in [-0.2, 0) is 4.74 Å². The fourth-order valence-corrected chi connectivity index (χ4v) is 2.23. The number of nitrogens with zero attached hydrogens (tertiary/aromatic N) is 1. The Labute approximate surface area is 149 Å². The van der Waals surface area contributed by atoms with Crippen molar-refractivity contribution in [1.82, 2.24) is 4.90 Å². The third-order valence-electron chi connectivity index (χ3n) is 3.01. The summed E-state index contributed by atoms with van der Waals surface area (Å²) in [5.74, 6) is 0. The van der Waals surface area contributed by atoms with Gasteiger partial charge in [0.25, 0.3) is 0 Å². The van der Waals surface area contributed by atoms with E-state index in [4.69, 9.17) is 27.9 Å². The number of hydrogen-bond acceptors (Lipinski definition) is 3. The molecular formula is C17H26Cl2N2O2. The van der Waals surface area contributed by atoms with Gasteiger partial charge in [-0.1, -0.05) is 23.2 Å². The number of rotatable bonds is 4. The fraction of sp³-hybridized carbons (Fsp3) is 0.588. The van der Waals surface area contributed by atoms with E-state index in [2.05, 4.69) is 5.32 Å². The quantitative estimate of drug-likeness (QED) is 0.776. The lowest BCUT2D eigenvalue weighted by molar-refractivity contribution is 0.00749. The van der Waals surface area contributed by atoms with E-state index in [1.54, 1.807) is 17.0 Å². The molecular weight excluding hydrogens is 335 g/mol. The van der Waals surface area contributed by atoms with Gasteiger partial charge < -0.3 is 15.0 Å². The number of halogens is 2. The zero-order valence-corrected chi connectivity index (χ0v) is 16.2. The topological polar surface area (TPSA) is 41.6 Å². The van der Waals surface area contributed by atoms with Crippen LogP contribution < -0.4 is 5.32 Å². The molecule has 1 aromatic rings. The van der Waals surface area contributed by atoms with Crippen molar-refractivity contribution in [3.8, 4) is 0 Å². The average molecular weight is 361 g/mol. The van der Waals surface area contributed by atoms with Crippen molar-refractivity contribution in [3.05, 3.63) is 28.2 Å². The van der Waals surface area contributed by atoms with Crippen molar-refractivity contribution in [2.45, 2.75) is 52.7 Å². The zero-order chi connectivity index (χ0) is 17.8. The second-order valence-corrected chi connectivity index (χ2v) is 8.17. The molecule has 1 N–H and O–H groups in total. The van der Waals surface area contributed by atoms with E-state index in [1.807, 2.05) is 47.6 Å². The lowest BCUT2D eigenvalue weighted by Crippen LogP contribution is -2.49. The van der Waals surface area contributed by atoms with E-state index in [0.29, 0.717) is 23.1 Å². The van der Waals surface area contributed by atoms with Crippen molar-refractivity contribution >= 4 is 35.0 Å². The summed E-state index contributed by atoms with van der Waals surface area (Å²) in [5.41, 5.74) is 0.0109. The highest BCUT2D eigenvalue weighted by atomic mass is 35.5. The zero-order valence-electron chi connectivity index (χ0n) is 14.7. The lowest BCUT2D eigenvalue weighted by atomic mass is 10.1. The van der Waals surface area contributed by atoms with Gasteiger partial charge in [0.2, 0.25) is 0 Å². The SMILES string of the molecule is CC(C)(C)OC(=O)N(CCNc1ccc(Cl)c(Cl)c1)C(C)(C)C. The highest BCUT2D eigenvalue weighted by molar-refractivity contribution is 6.42. The summed E-state index contributed by atoms with van der Waals surface area (Å²) in [6, 6.07) is 5.35. The summed E-state index contributed by atoms with van der Waals surface area (Å²) in [6.45, 7) is 12.6. The number of carbonyl (C=O) groups is 1. The summed E-state index contributed by atoms with van der Waals surface area (Å²) < 4.78 is 5.48. The second kappa shape index (κ2) is 7.63. The summed E-state index contributed by atoms with van der Waals surface area (Å²) in [7, 11) is 0. The van der Waals surface area contributed by atoms with Crippen LogP contribution in [0.2, 0.25) is 10.0 Å². The third kappa shape index (κ3) is 6.88. The minimum absolute atomic E-state index is 0.319. The Morgan fingerprint density at radius 2 is 1.74 bits per heavy atom. The molecule has 0 heterocycles. The predicted octanol–water partition coefficient (Wildman–Crippen LogP) is 5.44. The Kier molecular flexibility index (Phi) is 6.60. The Hall–Kier alpha value is -1.13. The number of anilines is 1. The number of nitrogens with one attached hydrogen (secondary N) is 1. The predicted molar refractivity (Wildman–Crippen MR) is 97.6 cm³/mol. The fourth-order valence-electron chi connectivity index (χ4n) is 1.94. The molecule has 130 valence electrons. The van der Waals surface area contributed by atoms with Crippen LogP contribution in [0.4, 0.5) is 10.5 Å². The van der Waals surface area contributed by atoms with E-state index in [1.165, 1.54) is 0 Å². The molecule has 0 aliphatic rings. The smallest absolute Gasteiger partial charge is 0.410 e. The highest BCUT2D eigenvalue weighted by Gasteiger charge is 2.30. The van der Waals surface area contributed by atoms with E-state index in [9.17, 15) is 4.79 Å². The van der Waals surface area contributed by atoms with Crippen molar-refractivity contribution in [2.75, 3.05) is 18.4 Å². The second-order valence-electron chi connectivity index (χ2n) is 7.36. The van der Waals surface area contributed by atoms with Crippen LogP contribution in [0.1, 0.15) is 41.5 Å². The number of benzene rings is 1. The molecule has 0 bridgehead atoms. The summed E-state index contributed by atoms with van der Waals surface area (Å²) in [6.07, 6.45) is -0.319. The van der Waals surface area contributed by atoms with Gasteiger partial charge in [0.05, 0.1) is 10.0 Å². The Morgan fingerprint density at radius 3 is 2.22 bits per heavy atom. The number of hydrogen-bond donors (Lipinski definition) is 1. The lowest BCUT2D eigenvalue weighted by Gasteiger charge is -2.37. The van der Waals surface area contributed by atoms with E-state index in [0.717, 1.165) is 5.69 Å². The normalized spacial score (nSPS) is 12.0. The molecule has 0 spiro atoms. The molecule has 0 aromatic heterocycles. The molecule has 0 aliphatic carbocycles. The van der Waals surface area contributed by atoms with Crippen LogP contribution in [0.3, 0.4) is 0 Å². The third-order valence-corrected chi connectivity index (χ3v) is 3.75. The molecule has 0 radical (unpaired) electrons. The molecule has 0 saturated heterocycles. The number of ether oxygens (including phenoxy) is 1. The van der Waals surface area contributed by atoms with E-state index in [-0.39, 0.29) is 11.6 Å². The van der Waals surface area contributed by atoms with E-state index < -0.39 is 5.60 Å². The van der Waals surface area contributed by atoms with Gasteiger partial charge >= 0.3 is 6.09 Å². The van der Waals surface area contributed by atoms with Crippen LogP contribution >= 0.6 is 23.2 Å². The molecule has 0 fully saturated rings. The first-order chi connectivity index (χ1) is 10.4. The summed E-state index contributed by atoms with van der Waals surface area (Å²) >= 11 is 11.9. The minimum atomic E-state index is -0.516. The maximum atomic E-state index is 12.4. The molecule has 0 unspecified atom stereocenters. The maximum absolute atomic E-state index is 12.4. The molecule has 1 aromatic carbocycles. The molecule has 4 nitrogen and oxygen atoms in total. The van der Waals surface area contributed by atoms with Crippen molar-refractivity contribution < 1.29 is 9.53 Å². The van der Waals surface area contributed by atoms with Gasteiger partial charge in [0, 0.05) is 24.3 Å². The first-order valence-corrected chi connectivity index (χ1v) is 8.35. The Bertz CT molecular complexity index is 549. The van der Waals surface area contributed by atoms with Gasteiger partial charge in [0.15, 0.2) is 0 Å². The average Bonchev–Trinajstić information content (AvgIpc) is 2.35. The number of amides is 1. The van der Waals surface area contributed by atoms with Gasteiger partial charge in [-0.25, -0.2) is 4.79 Å². The molecule has 1 amide bonds. The van der Waals surface area contributed by atoms with Crippen molar-refractivity contribution in [2.24, 2.45) is 0 Å². The summed E-state index contributed by atoms with van der Waals surface area (Å²) in [4.78, 5) is 14.1. The first-order valence-electron chi connectivity index (χ1n) is 7.60.